The van der Waals surface area contributed by atoms with Gasteiger partial charge in [0.25, 0.3) is 5.69 Å². The van der Waals surface area contributed by atoms with Crippen molar-refractivity contribution in [3.05, 3.63) is 81.4 Å². The summed E-state index contributed by atoms with van der Waals surface area (Å²) in [5.41, 5.74) is 10.3. The van der Waals surface area contributed by atoms with Crippen LogP contribution in [0, 0.1) is 24.0 Å². The van der Waals surface area contributed by atoms with E-state index in [4.69, 9.17) is 0 Å². The number of nitro groups is 1. The molecule has 4 rings (SSSR count). The van der Waals surface area contributed by atoms with Gasteiger partial charge in [-0.2, -0.15) is 10.1 Å². The van der Waals surface area contributed by atoms with E-state index in [1.54, 1.807) is 17.5 Å². The first-order valence-electron chi connectivity index (χ1n) is 9.25. The number of anilines is 2. The number of aromatic nitrogens is 1. The lowest BCUT2D eigenvalue weighted by Crippen LogP contribution is -2.34. The molecule has 0 bridgehead atoms. The molecular formula is C21H18N6O3S. The summed E-state index contributed by atoms with van der Waals surface area (Å²) < 4.78 is 0. The van der Waals surface area contributed by atoms with Crippen molar-refractivity contribution in [3.63, 3.8) is 0 Å². The Morgan fingerprint density at radius 1 is 1.26 bits per heavy atom. The molecule has 1 aromatic heterocycles. The minimum absolute atomic E-state index is 0.0253. The standard InChI is InChI=1S/C21H18N6O3S/c1-12-7-8-17(13(2)9-12)23-24-19-14(3)25-26(20(19)28)21-22-18(11-31-21)15-5-4-6-16(10-15)27(29)30/h4-11,23,25H,3H2,1-2H3/b24-19+. The van der Waals surface area contributed by atoms with Crippen molar-refractivity contribution in [2.75, 3.05) is 10.4 Å². The number of hydrazone groups is 1. The zero-order valence-corrected chi connectivity index (χ0v) is 17.6. The Morgan fingerprint density at radius 3 is 2.81 bits per heavy atom. The van der Waals surface area contributed by atoms with Crippen LogP contribution in [0.15, 0.2) is 65.2 Å². The number of nitrogens with one attached hydrogen (secondary N) is 2. The first-order valence-corrected chi connectivity index (χ1v) is 10.1. The van der Waals surface area contributed by atoms with Gasteiger partial charge >= 0.3 is 5.91 Å². The van der Waals surface area contributed by atoms with Crippen molar-refractivity contribution in [1.29, 1.82) is 0 Å². The fourth-order valence-electron chi connectivity index (χ4n) is 3.06. The molecule has 0 spiro atoms. The number of thiazole rings is 1. The summed E-state index contributed by atoms with van der Waals surface area (Å²) in [6.45, 7) is 7.82. The highest BCUT2D eigenvalue weighted by atomic mass is 32.1. The summed E-state index contributed by atoms with van der Waals surface area (Å²) in [7, 11) is 0. The maximum atomic E-state index is 12.9. The third-order valence-electron chi connectivity index (χ3n) is 4.64. The summed E-state index contributed by atoms with van der Waals surface area (Å²) in [4.78, 5) is 27.9. The number of hydrazine groups is 1. The van der Waals surface area contributed by atoms with Gasteiger partial charge in [-0.1, -0.05) is 36.4 Å². The van der Waals surface area contributed by atoms with Gasteiger partial charge in [0.1, 0.15) is 0 Å². The highest BCUT2D eigenvalue weighted by Crippen LogP contribution is 2.30. The Morgan fingerprint density at radius 2 is 2.06 bits per heavy atom. The number of carbonyl (C=O) groups excluding carboxylic acids is 1. The molecule has 3 aromatic rings. The number of nitrogens with zero attached hydrogens (tertiary/aromatic N) is 4. The molecule has 1 saturated heterocycles. The number of hydrogen-bond donors (Lipinski definition) is 2. The average Bonchev–Trinajstić information content (AvgIpc) is 3.33. The predicted octanol–water partition coefficient (Wildman–Crippen LogP) is 4.17. The molecular weight excluding hydrogens is 416 g/mol. The van der Waals surface area contributed by atoms with Crippen LogP contribution in [0.1, 0.15) is 11.1 Å². The maximum absolute atomic E-state index is 12.9. The van der Waals surface area contributed by atoms with Crippen LogP contribution < -0.4 is 15.9 Å². The summed E-state index contributed by atoms with van der Waals surface area (Å²) in [6.07, 6.45) is 0. The van der Waals surface area contributed by atoms with E-state index in [1.807, 2.05) is 32.0 Å². The van der Waals surface area contributed by atoms with E-state index in [2.05, 4.69) is 27.5 Å². The Kier molecular flexibility index (Phi) is 5.22. The van der Waals surface area contributed by atoms with Gasteiger partial charge in [-0.05, 0) is 25.5 Å². The fraction of sp³-hybridized carbons (Fsp3) is 0.0952. The largest absolute Gasteiger partial charge is 0.301 e. The van der Waals surface area contributed by atoms with E-state index in [1.165, 1.54) is 28.5 Å². The van der Waals surface area contributed by atoms with Gasteiger partial charge in [0.05, 0.1) is 22.0 Å². The zero-order chi connectivity index (χ0) is 22.1. The van der Waals surface area contributed by atoms with Gasteiger partial charge in [0, 0.05) is 23.1 Å². The number of carbonyl (C=O) groups is 1. The third kappa shape index (κ3) is 4.01. The van der Waals surface area contributed by atoms with Crippen molar-refractivity contribution in [3.8, 4) is 11.3 Å². The number of benzene rings is 2. The first-order chi connectivity index (χ1) is 14.8. The van der Waals surface area contributed by atoms with E-state index in [0.717, 1.165) is 16.8 Å². The van der Waals surface area contributed by atoms with Crippen LogP contribution in [-0.4, -0.2) is 21.5 Å². The molecule has 2 aromatic carbocycles. The quantitative estimate of drug-likeness (QED) is 0.460. The molecule has 2 N–H and O–H groups in total. The van der Waals surface area contributed by atoms with Gasteiger partial charge in [0.2, 0.25) is 5.13 Å². The number of aryl methyl sites for hydroxylation is 2. The molecule has 9 nitrogen and oxygen atoms in total. The molecule has 0 aliphatic carbocycles. The summed E-state index contributed by atoms with van der Waals surface area (Å²) in [5.74, 6) is -0.401. The van der Waals surface area contributed by atoms with Gasteiger partial charge in [0.15, 0.2) is 5.71 Å². The van der Waals surface area contributed by atoms with E-state index < -0.39 is 10.8 Å². The van der Waals surface area contributed by atoms with Crippen LogP contribution in [0.3, 0.4) is 0 Å². The summed E-state index contributed by atoms with van der Waals surface area (Å²) in [5, 5.41) is 18.6. The second-order valence-corrected chi connectivity index (χ2v) is 7.78. The Bertz CT molecular complexity index is 1250. The normalized spacial score (nSPS) is 14.8. The first kappa shape index (κ1) is 20.2. The highest BCUT2D eigenvalue weighted by molar-refractivity contribution is 7.14. The van der Waals surface area contributed by atoms with Gasteiger partial charge in [-0.25, -0.2) is 4.98 Å². The molecule has 156 valence electrons. The van der Waals surface area contributed by atoms with E-state index in [-0.39, 0.29) is 11.4 Å². The Hall–Kier alpha value is -4.05. The lowest BCUT2D eigenvalue weighted by atomic mass is 10.1. The molecule has 10 heteroatoms. The molecule has 0 saturated carbocycles. The minimum atomic E-state index is -0.460. The molecule has 1 aliphatic heterocycles. The molecule has 1 fully saturated rings. The van der Waals surface area contributed by atoms with Crippen LogP contribution in [0.2, 0.25) is 0 Å². The number of rotatable bonds is 5. The van der Waals surface area contributed by atoms with Crippen LogP contribution >= 0.6 is 11.3 Å². The molecule has 0 unspecified atom stereocenters. The van der Waals surface area contributed by atoms with Crippen LogP contribution in [-0.2, 0) is 4.79 Å². The van der Waals surface area contributed by atoms with Crippen molar-refractivity contribution in [2.24, 2.45) is 5.10 Å². The lowest BCUT2D eigenvalue weighted by Gasteiger charge is -2.10. The average molecular weight is 434 g/mol. The van der Waals surface area contributed by atoms with Crippen molar-refractivity contribution in [1.82, 2.24) is 10.4 Å². The van der Waals surface area contributed by atoms with E-state index in [0.29, 0.717) is 22.1 Å². The van der Waals surface area contributed by atoms with Crippen molar-refractivity contribution in [2.45, 2.75) is 13.8 Å². The number of hydrogen-bond acceptors (Lipinski definition) is 8. The zero-order valence-electron chi connectivity index (χ0n) is 16.7. The third-order valence-corrected chi connectivity index (χ3v) is 5.47. The SMILES string of the molecule is C=C1NN(c2nc(-c3cccc([N+](=O)[O-])c3)cs2)C(=O)/C1=N/Nc1ccc(C)cc1C. The lowest BCUT2D eigenvalue weighted by molar-refractivity contribution is -0.384. The topological polar surface area (TPSA) is 113 Å². The van der Waals surface area contributed by atoms with E-state index in [9.17, 15) is 14.9 Å². The predicted molar refractivity (Wildman–Crippen MR) is 121 cm³/mol. The minimum Gasteiger partial charge on any atom is -0.287 e. The highest BCUT2D eigenvalue weighted by Gasteiger charge is 2.34. The smallest absolute Gasteiger partial charge is 0.287 e. The second kappa shape index (κ2) is 8.00. The monoisotopic (exact) mass is 434 g/mol. The van der Waals surface area contributed by atoms with Crippen LogP contribution in [0.5, 0.6) is 0 Å². The second-order valence-electron chi connectivity index (χ2n) is 6.94. The summed E-state index contributed by atoms with van der Waals surface area (Å²) in [6, 6.07) is 12.0. The molecule has 1 aliphatic rings. The molecule has 31 heavy (non-hydrogen) atoms. The molecule has 0 atom stereocenters. The van der Waals surface area contributed by atoms with Crippen LogP contribution in [0.4, 0.5) is 16.5 Å². The van der Waals surface area contributed by atoms with Crippen molar-refractivity contribution < 1.29 is 9.72 Å². The molecule has 1 amide bonds. The number of non-ortho nitro benzene ring substituents is 1. The fourth-order valence-corrected chi connectivity index (χ4v) is 3.85. The van der Waals surface area contributed by atoms with Crippen molar-refractivity contribution >= 4 is 39.5 Å². The summed E-state index contributed by atoms with van der Waals surface area (Å²) >= 11 is 1.23. The van der Waals surface area contributed by atoms with E-state index >= 15 is 0 Å². The van der Waals surface area contributed by atoms with Gasteiger partial charge < -0.3 is 0 Å². The Balaban J connectivity index is 1.55. The number of amides is 1. The van der Waals surface area contributed by atoms with Gasteiger partial charge in [-0.15, -0.1) is 11.3 Å². The Labute approximate surface area is 181 Å². The molecule has 2 heterocycles. The van der Waals surface area contributed by atoms with Gasteiger partial charge in [-0.3, -0.25) is 25.8 Å². The van der Waals surface area contributed by atoms with Crippen LogP contribution in [0.25, 0.3) is 11.3 Å². The number of nitro benzene ring substituents is 1. The maximum Gasteiger partial charge on any atom is 0.301 e. The molecule has 0 radical (unpaired) electrons.